The Hall–Kier alpha value is -4.20. The molecule has 2 atom stereocenters. The number of phenolic OH excluding ortho intramolecular Hbond substituents is 1. The highest BCUT2D eigenvalue weighted by molar-refractivity contribution is 5.91. The van der Waals surface area contributed by atoms with Crippen molar-refractivity contribution in [3.63, 3.8) is 0 Å². The smallest absolute Gasteiger partial charge is 0.412 e. The molecule has 0 bridgehead atoms. The number of benzene rings is 3. The van der Waals surface area contributed by atoms with Crippen molar-refractivity contribution in [1.82, 2.24) is 0 Å². The molecule has 0 spiro atoms. The van der Waals surface area contributed by atoms with Crippen molar-refractivity contribution in [1.29, 1.82) is 0 Å². The minimum atomic E-state index is -1.01. The number of rotatable bonds is 8. The largest absolute Gasteiger partial charge is 0.507 e. The predicted molar refractivity (Wildman–Crippen MR) is 126 cm³/mol. The SMILES string of the molecule is C[C@@H](CC/C=C/C(=O)O)[C@@H](OC(=O)Nc1ccc2c(c1)OCO2)c1ccc(O)c2ccccc12. The number of phenols is 1. The van der Waals surface area contributed by atoms with Crippen LogP contribution in [0.4, 0.5) is 10.5 Å². The molecule has 1 aliphatic rings. The Morgan fingerprint density at radius 2 is 1.85 bits per heavy atom. The highest BCUT2D eigenvalue weighted by Gasteiger charge is 2.26. The third-order valence-corrected chi connectivity index (χ3v) is 5.66. The number of ether oxygens (including phenoxy) is 3. The van der Waals surface area contributed by atoms with Crippen LogP contribution in [0.1, 0.15) is 31.4 Å². The van der Waals surface area contributed by atoms with E-state index in [1.807, 2.05) is 25.1 Å². The highest BCUT2D eigenvalue weighted by atomic mass is 16.7. The Balaban J connectivity index is 1.58. The Kier molecular flexibility index (Phi) is 6.87. The first-order valence-corrected chi connectivity index (χ1v) is 10.9. The normalized spacial score (nSPS) is 14.1. The number of hydrogen-bond acceptors (Lipinski definition) is 6. The van der Waals surface area contributed by atoms with E-state index < -0.39 is 18.2 Å². The van der Waals surface area contributed by atoms with Gasteiger partial charge in [0.15, 0.2) is 11.5 Å². The van der Waals surface area contributed by atoms with Crippen molar-refractivity contribution < 1.29 is 34.0 Å². The molecule has 0 fully saturated rings. The lowest BCUT2D eigenvalue weighted by Crippen LogP contribution is -2.22. The maximum absolute atomic E-state index is 12.9. The van der Waals surface area contributed by atoms with Gasteiger partial charge in [-0.15, -0.1) is 0 Å². The summed E-state index contributed by atoms with van der Waals surface area (Å²) in [6.07, 6.45) is 2.49. The lowest BCUT2D eigenvalue weighted by atomic mass is 9.89. The maximum Gasteiger partial charge on any atom is 0.412 e. The molecule has 0 saturated carbocycles. The molecule has 0 unspecified atom stereocenters. The number of anilines is 1. The second-order valence-corrected chi connectivity index (χ2v) is 8.03. The molecule has 0 aromatic heterocycles. The number of fused-ring (bicyclic) bond motifs is 2. The zero-order valence-corrected chi connectivity index (χ0v) is 18.6. The second-order valence-electron chi connectivity index (χ2n) is 8.03. The summed E-state index contributed by atoms with van der Waals surface area (Å²) in [5, 5.41) is 23.3. The third-order valence-electron chi connectivity index (χ3n) is 5.66. The first-order valence-electron chi connectivity index (χ1n) is 10.9. The maximum atomic E-state index is 12.9. The van der Waals surface area contributed by atoms with Crippen molar-refractivity contribution in [2.24, 2.45) is 5.92 Å². The van der Waals surface area contributed by atoms with Gasteiger partial charge < -0.3 is 24.4 Å². The summed E-state index contributed by atoms with van der Waals surface area (Å²) in [6.45, 7) is 2.07. The van der Waals surface area contributed by atoms with Crippen LogP contribution in [-0.4, -0.2) is 29.1 Å². The number of aliphatic carboxylic acids is 1. The van der Waals surface area contributed by atoms with Crippen LogP contribution in [0.5, 0.6) is 17.2 Å². The molecule has 0 radical (unpaired) electrons. The van der Waals surface area contributed by atoms with E-state index in [2.05, 4.69) is 5.32 Å². The molecule has 1 aliphatic heterocycles. The molecule has 0 saturated heterocycles. The van der Waals surface area contributed by atoms with Gasteiger partial charge in [0.1, 0.15) is 11.9 Å². The van der Waals surface area contributed by atoms with E-state index >= 15 is 0 Å². The topological polar surface area (TPSA) is 114 Å². The Morgan fingerprint density at radius 3 is 2.65 bits per heavy atom. The molecule has 8 heteroatoms. The van der Waals surface area contributed by atoms with Crippen molar-refractivity contribution in [2.75, 3.05) is 12.1 Å². The van der Waals surface area contributed by atoms with E-state index in [4.69, 9.17) is 19.3 Å². The van der Waals surface area contributed by atoms with Gasteiger partial charge >= 0.3 is 12.1 Å². The monoisotopic (exact) mass is 463 g/mol. The van der Waals surface area contributed by atoms with Gasteiger partial charge in [-0.1, -0.05) is 43.3 Å². The van der Waals surface area contributed by atoms with Crippen LogP contribution in [-0.2, 0) is 9.53 Å². The lowest BCUT2D eigenvalue weighted by Gasteiger charge is -2.26. The van der Waals surface area contributed by atoms with E-state index in [0.29, 0.717) is 35.4 Å². The lowest BCUT2D eigenvalue weighted by molar-refractivity contribution is -0.131. The van der Waals surface area contributed by atoms with Gasteiger partial charge in [-0.05, 0) is 42.3 Å². The summed E-state index contributed by atoms with van der Waals surface area (Å²) in [7, 11) is 0. The van der Waals surface area contributed by atoms with Crippen LogP contribution in [0, 0.1) is 5.92 Å². The highest BCUT2D eigenvalue weighted by Crippen LogP contribution is 2.38. The first kappa shape index (κ1) is 23.0. The summed E-state index contributed by atoms with van der Waals surface area (Å²) in [5.41, 5.74) is 1.25. The Bertz CT molecular complexity index is 1240. The molecular weight excluding hydrogens is 438 g/mol. The summed E-state index contributed by atoms with van der Waals surface area (Å²) >= 11 is 0. The van der Waals surface area contributed by atoms with Crippen molar-refractivity contribution in [2.45, 2.75) is 25.9 Å². The minimum Gasteiger partial charge on any atom is -0.507 e. The van der Waals surface area contributed by atoms with Gasteiger partial charge in [0.05, 0.1) is 0 Å². The minimum absolute atomic E-state index is 0.132. The van der Waals surface area contributed by atoms with Crippen LogP contribution < -0.4 is 14.8 Å². The fourth-order valence-electron chi connectivity index (χ4n) is 3.97. The van der Waals surface area contributed by atoms with E-state index in [9.17, 15) is 14.7 Å². The number of allylic oxidation sites excluding steroid dienone is 1. The third kappa shape index (κ3) is 5.23. The zero-order valence-electron chi connectivity index (χ0n) is 18.6. The molecule has 3 aromatic carbocycles. The number of carbonyl (C=O) groups excluding carboxylic acids is 1. The van der Waals surface area contributed by atoms with E-state index in [1.165, 1.54) is 0 Å². The number of hydrogen-bond donors (Lipinski definition) is 3. The van der Waals surface area contributed by atoms with Crippen molar-refractivity contribution >= 4 is 28.5 Å². The molecule has 3 aromatic rings. The van der Waals surface area contributed by atoms with Crippen LogP contribution in [0.25, 0.3) is 10.8 Å². The number of aromatic hydroxyl groups is 1. The molecule has 0 aliphatic carbocycles. The fraction of sp³-hybridized carbons (Fsp3) is 0.231. The Morgan fingerprint density at radius 1 is 1.09 bits per heavy atom. The fourth-order valence-corrected chi connectivity index (χ4v) is 3.97. The summed E-state index contributed by atoms with van der Waals surface area (Å²) in [4.78, 5) is 23.6. The standard InChI is InChI=1S/C26H25NO7/c1-16(6-2-5-9-24(29)30)25(20-11-12-21(28)19-8-4-3-7-18(19)20)34-26(31)27-17-10-13-22-23(14-17)33-15-32-22/h3-5,7-14,16,25,28H,2,6,15H2,1H3,(H,27,31)(H,29,30)/b9-5+/t16-,25+/m0/s1. The molecule has 176 valence electrons. The average Bonchev–Trinajstić information content (AvgIpc) is 3.29. The number of carbonyl (C=O) groups is 2. The molecule has 3 N–H and O–H groups in total. The Labute approximate surface area is 196 Å². The second kappa shape index (κ2) is 10.2. The first-order chi connectivity index (χ1) is 16.4. The van der Waals surface area contributed by atoms with E-state index in [1.54, 1.807) is 42.5 Å². The van der Waals surface area contributed by atoms with Gasteiger partial charge in [0.2, 0.25) is 6.79 Å². The van der Waals surface area contributed by atoms with E-state index in [-0.39, 0.29) is 18.5 Å². The van der Waals surface area contributed by atoms with Gasteiger partial charge in [0.25, 0.3) is 0 Å². The van der Waals surface area contributed by atoms with E-state index in [0.717, 1.165) is 17.0 Å². The molecule has 4 rings (SSSR count). The molecule has 8 nitrogen and oxygen atoms in total. The van der Waals surface area contributed by atoms with Gasteiger partial charge in [-0.3, -0.25) is 5.32 Å². The van der Waals surface area contributed by atoms with Crippen LogP contribution in [0.15, 0.2) is 66.7 Å². The number of amides is 1. The number of carboxylic acids is 1. The van der Waals surface area contributed by atoms with Crippen LogP contribution in [0.2, 0.25) is 0 Å². The molecular formula is C26H25NO7. The predicted octanol–water partition coefficient (Wildman–Crippen LogP) is 5.62. The van der Waals surface area contributed by atoms with Crippen LogP contribution in [0.3, 0.4) is 0 Å². The molecule has 1 amide bonds. The van der Waals surface area contributed by atoms with Crippen LogP contribution >= 0.6 is 0 Å². The average molecular weight is 463 g/mol. The van der Waals surface area contributed by atoms with Crippen molar-refractivity contribution in [3.8, 4) is 17.2 Å². The zero-order chi connectivity index (χ0) is 24.1. The van der Waals surface area contributed by atoms with Gasteiger partial charge in [-0.25, -0.2) is 9.59 Å². The summed E-state index contributed by atoms with van der Waals surface area (Å²) < 4.78 is 16.6. The van der Waals surface area contributed by atoms with Gasteiger partial charge in [0, 0.05) is 28.8 Å². The summed E-state index contributed by atoms with van der Waals surface area (Å²) in [6, 6.07) is 15.8. The van der Waals surface area contributed by atoms with Gasteiger partial charge in [-0.2, -0.15) is 0 Å². The molecule has 34 heavy (non-hydrogen) atoms. The summed E-state index contributed by atoms with van der Waals surface area (Å²) in [5.74, 6) is 0.134. The quantitative estimate of drug-likeness (QED) is 0.371. The number of nitrogens with one attached hydrogen (secondary N) is 1. The molecule has 1 heterocycles. The van der Waals surface area contributed by atoms with Crippen molar-refractivity contribution in [3.05, 3.63) is 72.3 Å². The number of carboxylic acid groups (broad SMARTS) is 1.